The number of rotatable bonds is 5. The van der Waals surface area contributed by atoms with Gasteiger partial charge in [-0.05, 0) is 43.0 Å². The highest BCUT2D eigenvalue weighted by Crippen LogP contribution is 2.29. The Morgan fingerprint density at radius 1 is 1.19 bits per heavy atom. The second-order valence-corrected chi connectivity index (χ2v) is 5.80. The first-order valence-electron chi connectivity index (χ1n) is 7.84. The van der Waals surface area contributed by atoms with E-state index in [4.69, 9.17) is 4.74 Å². The standard InChI is InChI=1S/C18H24N2O/c1-19-18-10-6-5-9-16-11-20(12-17(16)18)14-21-13-15-7-3-2-4-8-15/h2-4,7-8,11-12,18-19H,5-6,9-10,13-14H2,1H3. The van der Waals surface area contributed by atoms with Crippen LogP contribution in [0.2, 0.25) is 0 Å². The highest BCUT2D eigenvalue weighted by Gasteiger charge is 2.18. The molecule has 1 aliphatic rings. The molecule has 3 nitrogen and oxygen atoms in total. The Hall–Kier alpha value is -1.58. The minimum atomic E-state index is 0.498. The molecule has 1 aliphatic carbocycles. The number of nitrogens with one attached hydrogen (secondary N) is 1. The van der Waals surface area contributed by atoms with Gasteiger partial charge in [-0.2, -0.15) is 0 Å². The van der Waals surface area contributed by atoms with E-state index in [1.165, 1.54) is 42.4 Å². The zero-order chi connectivity index (χ0) is 14.5. The first-order valence-corrected chi connectivity index (χ1v) is 7.84. The van der Waals surface area contributed by atoms with Gasteiger partial charge in [0.05, 0.1) is 6.61 Å². The molecule has 1 atom stereocenters. The summed E-state index contributed by atoms with van der Waals surface area (Å²) in [5, 5.41) is 3.44. The zero-order valence-corrected chi connectivity index (χ0v) is 12.7. The number of ether oxygens (including phenoxy) is 1. The van der Waals surface area contributed by atoms with Crippen LogP contribution in [0.1, 0.15) is 42.0 Å². The van der Waals surface area contributed by atoms with Gasteiger partial charge in [0.1, 0.15) is 6.73 Å². The first kappa shape index (κ1) is 14.4. The molecule has 0 radical (unpaired) electrons. The smallest absolute Gasteiger partial charge is 0.122 e. The highest BCUT2D eigenvalue weighted by molar-refractivity contribution is 5.29. The van der Waals surface area contributed by atoms with Crippen LogP contribution in [-0.4, -0.2) is 11.6 Å². The van der Waals surface area contributed by atoms with Crippen LogP contribution in [0.5, 0.6) is 0 Å². The Balaban J connectivity index is 1.62. The molecule has 0 fully saturated rings. The van der Waals surface area contributed by atoms with Gasteiger partial charge in [0, 0.05) is 18.4 Å². The molecule has 0 spiro atoms. The number of aryl methyl sites for hydroxylation is 1. The van der Waals surface area contributed by atoms with E-state index in [0.717, 1.165) is 0 Å². The van der Waals surface area contributed by atoms with Crippen molar-refractivity contribution in [2.75, 3.05) is 7.05 Å². The fraction of sp³-hybridized carbons (Fsp3) is 0.444. The Labute approximate surface area is 126 Å². The van der Waals surface area contributed by atoms with Crippen LogP contribution in [0.25, 0.3) is 0 Å². The summed E-state index contributed by atoms with van der Waals surface area (Å²) in [7, 11) is 2.06. The zero-order valence-electron chi connectivity index (χ0n) is 12.7. The molecule has 21 heavy (non-hydrogen) atoms. The van der Waals surface area contributed by atoms with E-state index < -0.39 is 0 Å². The maximum Gasteiger partial charge on any atom is 0.122 e. The van der Waals surface area contributed by atoms with Crippen molar-refractivity contribution in [2.45, 2.75) is 45.1 Å². The van der Waals surface area contributed by atoms with Gasteiger partial charge in [0.25, 0.3) is 0 Å². The van der Waals surface area contributed by atoms with Crippen molar-refractivity contribution in [3.8, 4) is 0 Å². The number of fused-ring (bicyclic) bond motifs is 1. The summed E-state index contributed by atoms with van der Waals surface area (Å²) < 4.78 is 8.01. The Morgan fingerprint density at radius 2 is 2.05 bits per heavy atom. The summed E-state index contributed by atoms with van der Waals surface area (Å²) in [6.45, 7) is 1.29. The molecule has 0 amide bonds. The molecular formula is C18H24N2O. The summed E-state index contributed by atoms with van der Waals surface area (Å²) in [4.78, 5) is 0. The second-order valence-electron chi connectivity index (χ2n) is 5.80. The van der Waals surface area contributed by atoms with Crippen LogP contribution >= 0.6 is 0 Å². The number of nitrogens with zero attached hydrogens (tertiary/aromatic N) is 1. The molecule has 2 aromatic rings. The predicted molar refractivity (Wildman–Crippen MR) is 85.0 cm³/mol. The predicted octanol–water partition coefficient (Wildman–Crippen LogP) is 3.65. The van der Waals surface area contributed by atoms with E-state index in [2.05, 4.69) is 41.5 Å². The average molecular weight is 284 g/mol. The molecule has 1 heterocycles. The highest BCUT2D eigenvalue weighted by atomic mass is 16.5. The summed E-state index contributed by atoms with van der Waals surface area (Å²) in [5.41, 5.74) is 4.16. The molecule has 0 saturated carbocycles. The fourth-order valence-corrected chi connectivity index (χ4v) is 3.13. The van der Waals surface area contributed by atoms with Crippen molar-refractivity contribution in [1.82, 2.24) is 9.88 Å². The van der Waals surface area contributed by atoms with E-state index in [1.807, 2.05) is 18.2 Å². The van der Waals surface area contributed by atoms with E-state index >= 15 is 0 Å². The van der Waals surface area contributed by atoms with Crippen molar-refractivity contribution in [1.29, 1.82) is 0 Å². The molecule has 1 aromatic heterocycles. The summed E-state index contributed by atoms with van der Waals surface area (Å²) in [6.07, 6.45) is 9.55. The van der Waals surface area contributed by atoms with Gasteiger partial charge in [-0.3, -0.25) is 0 Å². The largest absolute Gasteiger partial charge is 0.356 e. The molecule has 0 aliphatic heterocycles. The second kappa shape index (κ2) is 6.92. The van der Waals surface area contributed by atoms with Crippen LogP contribution in [0.3, 0.4) is 0 Å². The van der Waals surface area contributed by atoms with Gasteiger partial charge in [0.2, 0.25) is 0 Å². The van der Waals surface area contributed by atoms with E-state index in [-0.39, 0.29) is 0 Å². The molecule has 0 bridgehead atoms. The van der Waals surface area contributed by atoms with Crippen molar-refractivity contribution in [3.63, 3.8) is 0 Å². The lowest BCUT2D eigenvalue weighted by Gasteiger charge is -2.13. The monoisotopic (exact) mass is 284 g/mol. The van der Waals surface area contributed by atoms with Crippen LogP contribution < -0.4 is 5.32 Å². The van der Waals surface area contributed by atoms with Gasteiger partial charge < -0.3 is 14.6 Å². The summed E-state index contributed by atoms with van der Waals surface area (Å²) in [6, 6.07) is 10.8. The van der Waals surface area contributed by atoms with Gasteiger partial charge in [-0.25, -0.2) is 0 Å². The molecular weight excluding hydrogens is 260 g/mol. The summed E-state index contributed by atoms with van der Waals surface area (Å²) in [5.74, 6) is 0. The lowest BCUT2D eigenvalue weighted by Crippen LogP contribution is -2.15. The minimum absolute atomic E-state index is 0.498. The molecule has 112 valence electrons. The van der Waals surface area contributed by atoms with Crippen molar-refractivity contribution in [2.24, 2.45) is 0 Å². The quantitative estimate of drug-likeness (QED) is 0.848. The van der Waals surface area contributed by atoms with Gasteiger partial charge in [0.15, 0.2) is 0 Å². The molecule has 1 unspecified atom stereocenters. The molecule has 1 aromatic carbocycles. The number of aromatic nitrogens is 1. The van der Waals surface area contributed by atoms with Gasteiger partial charge >= 0.3 is 0 Å². The molecule has 3 rings (SSSR count). The number of hydrogen-bond donors (Lipinski definition) is 1. The van der Waals surface area contributed by atoms with Crippen LogP contribution in [-0.2, 0) is 24.5 Å². The van der Waals surface area contributed by atoms with E-state index in [9.17, 15) is 0 Å². The van der Waals surface area contributed by atoms with Crippen molar-refractivity contribution in [3.05, 3.63) is 59.4 Å². The SMILES string of the molecule is CNC1CCCCc2cn(COCc3ccccc3)cc21. The average Bonchev–Trinajstić information content (AvgIpc) is 2.82. The van der Waals surface area contributed by atoms with Gasteiger partial charge in [-0.15, -0.1) is 0 Å². The normalized spacial score (nSPS) is 18.2. The minimum Gasteiger partial charge on any atom is -0.356 e. The third-order valence-electron chi connectivity index (χ3n) is 4.26. The van der Waals surface area contributed by atoms with E-state index in [0.29, 0.717) is 19.4 Å². The topological polar surface area (TPSA) is 26.2 Å². The third kappa shape index (κ3) is 3.55. The molecule has 3 heteroatoms. The fourth-order valence-electron chi connectivity index (χ4n) is 3.13. The van der Waals surface area contributed by atoms with Crippen LogP contribution in [0.15, 0.2) is 42.7 Å². The maximum atomic E-state index is 5.83. The molecule has 0 saturated heterocycles. The van der Waals surface area contributed by atoms with Crippen LogP contribution in [0, 0.1) is 0 Å². The first-order chi connectivity index (χ1) is 10.4. The Bertz CT molecular complexity index is 562. The Kier molecular flexibility index (Phi) is 4.73. The number of benzene rings is 1. The number of hydrogen-bond acceptors (Lipinski definition) is 2. The van der Waals surface area contributed by atoms with E-state index in [1.54, 1.807) is 0 Å². The molecule has 1 N–H and O–H groups in total. The third-order valence-corrected chi connectivity index (χ3v) is 4.26. The van der Waals surface area contributed by atoms with Gasteiger partial charge in [-0.1, -0.05) is 36.8 Å². The van der Waals surface area contributed by atoms with Crippen molar-refractivity contribution < 1.29 is 4.74 Å². The van der Waals surface area contributed by atoms with Crippen molar-refractivity contribution >= 4 is 0 Å². The lowest BCUT2D eigenvalue weighted by atomic mass is 10.1. The Morgan fingerprint density at radius 3 is 2.86 bits per heavy atom. The maximum absolute atomic E-state index is 5.83. The lowest BCUT2D eigenvalue weighted by molar-refractivity contribution is 0.0640. The summed E-state index contributed by atoms with van der Waals surface area (Å²) >= 11 is 0. The van der Waals surface area contributed by atoms with Crippen LogP contribution in [0.4, 0.5) is 0 Å².